The van der Waals surface area contributed by atoms with Gasteiger partial charge in [-0.15, -0.1) is 0 Å². The van der Waals surface area contributed by atoms with Crippen LogP contribution in [0, 0.1) is 0 Å². The van der Waals surface area contributed by atoms with Crippen LogP contribution in [-0.2, 0) is 6.42 Å². The molecule has 1 heterocycles. The van der Waals surface area contributed by atoms with E-state index in [1.165, 1.54) is 16.7 Å². The second-order valence-electron chi connectivity index (χ2n) is 9.04. The zero-order chi connectivity index (χ0) is 23.5. The van der Waals surface area contributed by atoms with Crippen LogP contribution < -0.4 is 10.2 Å². The van der Waals surface area contributed by atoms with Gasteiger partial charge in [0.1, 0.15) is 0 Å². The van der Waals surface area contributed by atoms with Crippen LogP contribution in [0.2, 0.25) is 10.0 Å². The number of fused-ring (bicyclic) bond motifs is 3. The Morgan fingerprint density at radius 3 is 2.47 bits per heavy atom. The summed E-state index contributed by atoms with van der Waals surface area (Å²) in [5.74, 6) is 0.0283. The van der Waals surface area contributed by atoms with Crippen molar-refractivity contribution in [2.24, 2.45) is 0 Å². The molecule has 176 valence electrons. The molecule has 0 radical (unpaired) electrons. The van der Waals surface area contributed by atoms with Crippen molar-refractivity contribution < 1.29 is 4.79 Å². The number of benzene rings is 3. The Morgan fingerprint density at radius 1 is 0.853 bits per heavy atom. The van der Waals surface area contributed by atoms with Crippen LogP contribution in [0.15, 0.2) is 60.7 Å². The van der Waals surface area contributed by atoms with Crippen molar-refractivity contribution in [3.8, 4) is 11.1 Å². The van der Waals surface area contributed by atoms with Gasteiger partial charge in [0.15, 0.2) is 0 Å². The fourth-order valence-electron chi connectivity index (χ4n) is 5.08. The number of amides is 1. The summed E-state index contributed by atoms with van der Waals surface area (Å²) in [5.41, 5.74) is 6.65. The van der Waals surface area contributed by atoms with Crippen LogP contribution in [0.3, 0.4) is 0 Å². The van der Waals surface area contributed by atoms with Crippen LogP contribution >= 0.6 is 23.2 Å². The van der Waals surface area contributed by atoms with E-state index in [2.05, 4.69) is 39.4 Å². The Kier molecular flexibility index (Phi) is 7.10. The van der Waals surface area contributed by atoms with Crippen LogP contribution in [-0.4, -0.2) is 50.1 Å². The summed E-state index contributed by atoms with van der Waals surface area (Å²) in [6.07, 6.45) is 2.94. The Balaban J connectivity index is 1.07. The molecular weight excluding hydrogens is 465 g/mol. The average molecular weight is 494 g/mol. The summed E-state index contributed by atoms with van der Waals surface area (Å²) in [5, 5.41) is 4.39. The standard InChI is InChI=1S/C28H29Cl2N3O/c29-24-11-6-12-25(27(24)30)33-17-15-32(16-18-33)14-4-3-13-31-28(34)23-10-5-8-21-19-20-7-1-2-9-22(20)26(21)23/h1-2,5-12H,3-4,13-19H2,(H,31,34). The number of halogens is 2. The van der Waals surface area contributed by atoms with Gasteiger partial charge >= 0.3 is 0 Å². The van der Waals surface area contributed by atoms with E-state index in [4.69, 9.17) is 23.2 Å². The lowest BCUT2D eigenvalue weighted by atomic mass is 9.99. The number of nitrogens with zero attached hydrogens (tertiary/aromatic N) is 2. The van der Waals surface area contributed by atoms with E-state index in [9.17, 15) is 4.79 Å². The van der Waals surface area contributed by atoms with Gasteiger partial charge in [0, 0.05) is 38.3 Å². The van der Waals surface area contributed by atoms with Gasteiger partial charge in [-0.2, -0.15) is 0 Å². The van der Waals surface area contributed by atoms with Crippen LogP contribution in [0.25, 0.3) is 11.1 Å². The van der Waals surface area contributed by atoms with E-state index in [1.807, 2.05) is 36.4 Å². The Hall–Kier alpha value is -2.53. The van der Waals surface area contributed by atoms with Gasteiger partial charge in [0.25, 0.3) is 5.91 Å². The first kappa shape index (κ1) is 23.2. The van der Waals surface area contributed by atoms with Crippen molar-refractivity contribution in [1.82, 2.24) is 10.2 Å². The van der Waals surface area contributed by atoms with Crippen molar-refractivity contribution in [3.63, 3.8) is 0 Å². The molecule has 6 heteroatoms. The third-order valence-electron chi connectivity index (χ3n) is 6.89. The van der Waals surface area contributed by atoms with Gasteiger partial charge < -0.3 is 10.2 Å². The van der Waals surface area contributed by atoms with Gasteiger partial charge in [-0.25, -0.2) is 0 Å². The SMILES string of the molecule is O=C(NCCCCN1CCN(c2cccc(Cl)c2Cl)CC1)c1cccc2c1-c1ccccc1C2. The Labute approximate surface area is 211 Å². The molecule has 0 saturated carbocycles. The van der Waals surface area contributed by atoms with Crippen molar-refractivity contribution in [1.29, 1.82) is 0 Å². The summed E-state index contributed by atoms with van der Waals surface area (Å²) in [6, 6.07) is 20.3. The third-order valence-corrected chi connectivity index (χ3v) is 7.70. The number of anilines is 1. The van der Waals surface area contributed by atoms with E-state index < -0.39 is 0 Å². The maximum Gasteiger partial charge on any atom is 0.251 e. The van der Waals surface area contributed by atoms with Crippen LogP contribution in [0.1, 0.15) is 34.3 Å². The summed E-state index contributed by atoms with van der Waals surface area (Å²) in [7, 11) is 0. The number of unbranched alkanes of at least 4 members (excludes halogenated alkanes) is 1. The van der Waals surface area contributed by atoms with E-state index in [0.717, 1.165) is 68.8 Å². The molecule has 2 aliphatic rings. The van der Waals surface area contributed by atoms with Crippen molar-refractivity contribution in [3.05, 3.63) is 87.4 Å². The van der Waals surface area contributed by atoms with E-state index in [-0.39, 0.29) is 5.91 Å². The lowest BCUT2D eigenvalue weighted by Gasteiger charge is -2.36. The van der Waals surface area contributed by atoms with Crippen molar-refractivity contribution in [2.75, 3.05) is 44.2 Å². The van der Waals surface area contributed by atoms with E-state index >= 15 is 0 Å². The van der Waals surface area contributed by atoms with Crippen LogP contribution in [0.5, 0.6) is 0 Å². The molecule has 1 amide bonds. The highest BCUT2D eigenvalue weighted by Crippen LogP contribution is 2.38. The maximum absolute atomic E-state index is 13.0. The average Bonchev–Trinajstić information content (AvgIpc) is 3.25. The highest BCUT2D eigenvalue weighted by atomic mass is 35.5. The predicted octanol–water partition coefficient (Wildman–Crippen LogP) is 5.90. The second-order valence-corrected chi connectivity index (χ2v) is 9.82. The molecule has 0 bridgehead atoms. The molecule has 0 spiro atoms. The lowest BCUT2D eigenvalue weighted by Crippen LogP contribution is -2.46. The maximum atomic E-state index is 13.0. The zero-order valence-electron chi connectivity index (χ0n) is 19.2. The highest BCUT2D eigenvalue weighted by Gasteiger charge is 2.23. The van der Waals surface area contributed by atoms with Gasteiger partial charge in [-0.1, -0.05) is 65.7 Å². The summed E-state index contributed by atoms with van der Waals surface area (Å²) >= 11 is 12.6. The van der Waals surface area contributed by atoms with Gasteiger partial charge in [0.2, 0.25) is 0 Å². The minimum atomic E-state index is 0.0283. The number of piperazine rings is 1. The fourth-order valence-corrected chi connectivity index (χ4v) is 5.50. The third kappa shape index (κ3) is 4.81. The first-order valence-corrected chi connectivity index (χ1v) is 12.8. The molecule has 1 aliphatic carbocycles. The summed E-state index contributed by atoms with van der Waals surface area (Å²) in [4.78, 5) is 17.7. The highest BCUT2D eigenvalue weighted by molar-refractivity contribution is 6.43. The molecule has 0 aromatic heterocycles. The first-order chi connectivity index (χ1) is 16.6. The predicted molar refractivity (Wildman–Crippen MR) is 141 cm³/mol. The Morgan fingerprint density at radius 2 is 1.62 bits per heavy atom. The monoisotopic (exact) mass is 493 g/mol. The summed E-state index contributed by atoms with van der Waals surface area (Å²) in [6.45, 7) is 5.63. The molecule has 5 rings (SSSR count). The first-order valence-electron chi connectivity index (χ1n) is 12.0. The van der Waals surface area contributed by atoms with Crippen LogP contribution in [0.4, 0.5) is 5.69 Å². The molecule has 0 unspecified atom stereocenters. The number of carbonyl (C=O) groups is 1. The summed E-state index contributed by atoms with van der Waals surface area (Å²) < 4.78 is 0. The van der Waals surface area contributed by atoms with Crippen molar-refractivity contribution >= 4 is 34.8 Å². The molecule has 1 N–H and O–H groups in total. The van der Waals surface area contributed by atoms with Gasteiger partial charge in [0.05, 0.1) is 15.7 Å². The molecule has 0 atom stereocenters. The van der Waals surface area contributed by atoms with Gasteiger partial charge in [-0.05, 0) is 66.3 Å². The minimum absolute atomic E-state index is 0.0283. The normalized spacial score (nSPS) is 15.2. The number of carbonyl (C=O) groups excluding carboxylic acids is 1. The number of nitrogens with one attached hydrogen (secondary N) is 1. The molecule has 3 aromatic rings. The molecular formula is C28H29Cl2N3O. The molecule has 3 aromatic carbocycles. The number of hydrogen-bond acceptors (Lipinski definition) is 3. The molecule has 34 heavy (non-hydrogen) atoms. The smallest absolute Gasteiger partial charge is 0.251 e. The second kappa shape index (κ2) is 10.4. The minimum Gasteiger partial charge on any atom is -0.368 e. The Bertz CT molecular complexity index is 1190. The topological polar surface area (TPSA) is 35.6 Å². The van der Waals surface area contributed by atoms with E-state index in [0.29, 0.717) is 16.6 Å². The van der Waals surface area contributed by atoms with E-state index in [1.54, 1.807) is 0 Å². The molecule has 4 nitrogen and oxygen atoms in total. The van der Waals surface area contributed by atoms with Crippen molar-refractivity contribution in [2.45, 2.75) is 19.3 Å². The number of rotatable bonds is 7. The van der Waals surface area contributed by atoms with Gasteiger partial charge in [-0.3, -0.25) is 9.69 Å². The molecule has 1 fully saturated rings. The number of hydrogen-bond donors (Lipinski definition) is 1. The molecule has 1 saturated heterocycles. The lowest BCUT2D eigenvalue weighted by molar-refractivity contribution is 0.0953. The largest absolute Gasteiger partial charge is 0.368 e. The fraction of sp³-hybridized carbons (Fsp3) is 0.321. The zero-order valence-corrected chi connectivity index (χ0v) is 20.7. The molecule has 1 aliphatic heterocycles. The quantitative estimate of drug-likeness (QED) is 0.325.